The maximum absolute atomic E-state index is 12.2. The highest BCUT2D eigenvalue weighted by Crippen LogP contribution is 2.23. The van der Waals surface area contributed by atoms with Crippen molar-refractivity contribution in [3.8, 4) is 17.0 Å². The number of hydrogen-bond donors (Lipinski definition) is 1. The quantitative estimate of drug-likeness (QED) is 0.538. The van der Waals surface area contributed by atoms with E-state index in [0.29, 0.717) is 16.9 Å². The van der Waals surface area contributed by atoms with Crippen molar-refractivity contribution in [2.24, 2.45) is 5.10 Å². The van der Waals surface area contributed by atoms with Gasteiger partial charge in [-0.3, -0.25) is 9.78 Å². The molecule has 0 radical (unpaired) electrons. The molecule has 0 saturated carbocycles. The molecule has 6 nitrogen and oxygen atoms in total. The first-order valence-electron chi connectivity index (χ1n) is 7.90. The first kappa shape index (κ1) is 17.6. The molecule has 1 amide bonds. The van der Waals surface area contributed by atoms with E-state index in [9.17, 15) is 4.79 Å². The molecule has 0 atom stereocenters. The zero-order chi connectivity index (χ0) is 18.4. The Hall–Kier alpha value is -3.19. The van der Waals surface area contributed by atoms with E-state index in [2.05, 4.69) is 22.1 Å². The van der Waals surface area contributed by atoms with Gasteiger partial charge < -0.3 is 9.30 Å². The van der Waals surface area contributed by atoms with Gasteiger partial charge in [0.2, 0.25) is 4.80 Å². The largest absolute Gasteiger partial charge is 0.497 e. The first-order valence-corrected chi connectivity index (χ1v) is 8.78. The fraction of sp³-hybridized carbons (Fsp3) is 0.105. The number of carbonyl (C=O) groups excluding carboxylic acids is 1. The Balaban J connectivity index is 1.91. The second-order valence-electron chi connectivity index (χ2n) is 5.32. The van der Waals surface area contributed by atoms with Crippen molar-refractivity contribution in [1.29, 1.82) is 0 Å². The van der Waals surface area contributed by atoms with Gasteiger partial charge in [0.25, 0.3) is 5.91 Å². The SMILES string of the molecule is C=CCn1c(-c2ccc(OC)cc2)cs/c1=N/NC(=O)c1ccncc1. The number of allylic oxidation sites excluding steroid dienone is 1. The number of amides is 1. The van der Waals surface area contributed by atoms with Gasteiger partial charge in [0.05, 0.1) is 12.8 Å². The molecule has 0 saturated heterocycles. The minimum absolute atomic E-state index is 0.281. The van der Waals surface area contributed by atoms with Crippen LogP contribution in [0.25, 0.3) is 11.3 Å². The van der Waals surface area contributed by atoms with Crippen molar-refractivity contribution >= 4 is 17.2 Å². The summed E-state index contributed by atoms with van der Waals surface area (Å²) in [6, 6.07) is 11.1. The molecule has 132 valence electrons. The average molecular weight is 366 g/mol. The fourth-order valence-corrected chi connectivity index (χ4v) is 3.26. The second-order valence-corrected chi connectivity index (χ2v) is 6.16. The lowest BCUT2D eigenvalue weighted by molar-refractivity contribution is 0.0953. The van der Waals surface area contributed by atoms with E-state index in [-0.39, 0.29) is 5.91 Å². The van der Waals surface area contributed by atoms with Crippen molar-refractivity contribution in [3.05, 3.63) is 77.2 Å². The highest BCUT2D eigenvalue weighted by molar-refractivity contribution is 7.07. The molecule has 26 heavy (non-hydrogen) atoms. The Kier molecular flexibility index (Phi) is 5.60. The number of nitrogens with one attached hydrogen (secondary N) is 1. The molecule has 0 fully saturated rings. The van der Waals surface area contributed by atoms with E-state index in [1.165, 1.54) is 11.3 Å². The fourth-order valence-electron chi connectivity index (χ4n) is 2.38. The third-order valence-corrected chi connectivity index (χ3v) is 4.55. The Labute approximate surface area is 155 Å². The lowest BCUT2D eigenvalue weighted by Gasteiger charge is -2.07. The molecule has 0 bridgehead atoms. The topological polar surface area (TPSA) is 68.5 Å². The number of pyridine rings is 1. The predicted octanol–water partition coefficient (Wildman–Crippen LogP) is 3.05. The van der Waals surface area contributed by atoms with E-state index in [0.717, 1.165) is 17.0 Å². The van der Waals surface area contributed by atoms with Crippen LogP contribution in [0.3, 0.4) is 0 Å². The summed E-state index contributed by atoms with van der Waals surface area (Å²) >= 11 is 1.45. The van der Waals surface area contributed by atoms with E-state index >= 15 is 0 Å². The number of carbonyl (C=O) groups is 1. The molecule has 2 heterocycles. The van der Waals surface area contributed by atoms with Gasteiger partial charge in [-0.25, -0.2) is 5.43 Å². The monoisotopic (exact) mass is 366 g/mol. The van der Waals surface area contributed by atoms with Crippen LogP contribution in [-0.4, -0.2) is 22.6 Å². The predicted molar refractivity (Wildman–Crippen MR) is 102 cm³/mol. The van der Waals surface area contributed by atoms with Crippen molar-refractivity contribution in [3.63, 3.8) is 0 Å². The van der Waals surface area contributed by atoms with E-state index in [4.69, 9.17) is 4.74 Å². The van der Waals surface area contributed by atoms with Gasteiger partial charge in [-0.05, 0) is 42.0 Å². The molecule has 0 aliphatic carbocycles. The van der Waals surface area contributed by atoms with Crippen molar-refractivity contribution in [2.75, 3.05) is 7.11 Å². The molecule has 3 rings (SSSR count). The van der Waals surface area contributed by atoms with Gasteiger partial charge in [-0.15, -0.1) is 23.0 Å². The number of hydrogen-bond acceptors (Lipinski definition) is 5. The van der Waals surface area contributed by atoms with Crippen LogP contribution in [0.4, 0.5) is 0 Å². The zero-order valence-electron chi connectivity index (χ0n) is 14.3. The second kappa shape index (κ2) is 8.26. The molecule has 7 heteroatoms. The van der Waals surface area contributed by atoms with Gasteiger partial charge in [0, 0.05) is 29.9 Å². The van der Waals surface area contributed by atoms with Gasteiger partial charge in [-0.1, -0.05) is 6.08 Å². The van der Waals surface area contributed by atoms with Gasteiger partial charge in [0.1, 0.15) is 5.75 Å². The molecule has 0 aliphatic rings. The highest BCUT2D eigenvalue weighted by atomic mass is 32.1. The number of benzene rings is 1. The molecular weight excluding hydrogens is 348 g/mol. The Bertz CT molecular complexity index is 959. The lowest BCUT2D eigenvalue weighted by Crippen LogP contribution is -2.24. The number of methoxy groups -OCH3 is 1. The summed E-state index contributed by atoms with van der Waals surface area (Å²) in [6.07, 6.45) is 4.93. The smallest absolute Gasteiger partial charge is 0.271 e. The zero-order valence-corrected chi connectivity index (χ0v) is 15.1. The van der Waals surface area contributed by atoms with E-state index < -0.39 is 0 Å². The summed E-state index contributed by atoms with van der Waals surface area (Å²) < 4.78 is 7.20. The Morgan fingerprint density at radius 2 is 2.04 bits per heavy atom. The summed E-state index contributed by atoms with van der Waals surface area (Å²) in [5.74, 6) is 0.519. The van der Waals surface area contributed by atoms with Gasteiger partial charge in [0.15, 0.2) is 0 Å². The highest BCUT2D eigenvalue weighted by Gasteiger charge is 2.08. The number of aromatic nitrogens is 2. The minimum Gasteiger partial charge on any atom is -0.497 e. The van der Waals surface area contributed by atoms with Crippen molar-refractivity contribution < 1.29 is 9.53 Å². The maximum atomic E-state index is 12.2. The van der Waals surface area contributed by atoms with Crippen LogP contribution in [0.2, 0.25) is 0 Å². The van der Waals surface area contributed by atoms with Gasteiger partial charge in [-0.2, -0.15) is 0 Å². The third kappa shape index (κ3) is 3.89. The number of thiazole rings is 1. The van der Waals surface area contributed by atoms with Crippen LogP contribution in [0.5, 0.6) is 5.75 Å². The Morgan fingerprint density at radius 1 is 1.31 bits per heavy atom. The van der Waals surface area contributed by atoms with Crippen LogP contribution >= 0.6 is 11.3 Å². The first-order chi connectivity index (χ1) is 12.7. The van der Waals surface area contributed by atoms with E-state index in [1.807, 2.05) is 34.2 Å². The van der Waals surface area contributed by atoms with E-state index in [1.54, 1.807) is 37.7 Å². The average Bonchev–Trinajstić information content (AvgIpc) is 3.10. The normalized spacial score (nSPS) is 11.2. The van der Waals surface area contributed by atoms with Crippen LogP contribution < -0.4 is 15.0 Å². The molecule has 2 aromatic heterocycles. The summed E-state index contributed by atoms with van der Waals surface area (Å²) in [5.41, 5.74) is 5.12. The molecule has 0 spiro atoms. The number of nitrogens with zero attached hydrogens (tertiary/aromatic N) is 3. The summed E-state index contributed by atoms with van der Waals surface area (Å²) in [7, 11) is 1.64. The Morgan fingerprint density at radius 3 is 2.69 bits per heavy atom. The van der Waals surface area contributed by atoms with Crippen LogP contribution in [0.15, 0.2) is 71.9 Å². The van der Waals surface area contributed by atoms with Crippen molar-refractivity contribution in [1.82, 2.24) is 15.0 Å². The molecule has 1 N–H and O–H groups in total. The molecule has 0 aliphatic heterocycles. The summed E-state index contributed by atoms with van der Waals surface area (Å²) in [6.45, 7) is 4.39. The van der Waals surface area contributed by atoms with Crippen LogP contribution in [-0.2, 0) is 6.54 Å². The lowest BCUT2D eigenvalue weighted by atomic mass is 10.1. The molecular formula is C19H18N4O2S. The summed E-state index contributed by atoms with van der Waals surface area (Å²) in [4.78, 5) is 16.7. The van der Waals surface area contributed by atoms with Gasteiger partial charge >= 0.3 is 0 Å². The molecule has 1 aromatic carbocycles. The number of rotatable bonds is 6. The molecule has 3 aromatic rings. The summed E-state index contributed by atoms with van der Waals surface area (Å²) in [5, 5.41) is 6.27. The van der Waals surface area contributed by atoms with Crippen molar-refractivity contribution in [2.45, 2.75) is 6.54 Å². The number of ether oxygens (including phenoxy) is 1. The standard InChI is InChI=1S/C19H18N4O2S/c1-3-12-23-17(14-4-6-16(25-2)7-5-14)13-26-19(23)22-21-18(24)15-8-10-20-11-9-15/h3-11,13H,1,12H2,2H3,(H,21,24)/b22-19+. The third-order valence-electron chi connectivity index (χ3n) is 3.69. The van der Waals surface area contributed by atoms with Crippen LogP contribution in [0.1, 0.15) is 10.4 Å². The molecule has 0 unspecified atom stereocenters. The minimum atomic E-state index is -0.281. The maximum Gasteiger partial charge on any atom is 0.271 e. The van der Waals surface area contributed by atoms with Crippen LogP contribution in [0, 0.1) is 0 Å².